The molecule has 118 valence electrons. The number of fused-ring (bicyclic) bond motifs is 2. The Morgan fingerprint density at radius 1 is 1.29 bits per heavy atom. The van der Waals surface area contributed by atoms with Crippen LogP contribution in [0.25, 0.3) is 21.9 Å². The zero-order valence-electron chi connectivity index (χ0n) is 13.5. The first kappa shape index (κ1) is 14.9. The van der Waals surface area contributed by atoms with Crippen molar-refractivity contribution in [2.45, 2.75) is 26.8 Å². The highest BCUT2D eigenvalue weighted by Gasteiger charge is 2.23. The van der Waals surface area contributed by atoms with Gasteiger partial charge in [0, 0.05) is 11.4 Å². The van der Waals surface area contributed by atoms with Crippen molar-refractivity contribution < 1.29 is 0 Å². The Morgan fingerprint density at radius 2 is 2.04 bits per heavy atom. The van der Waals surface area contributed by atoms with Crippen molar-refractivity contribution >= 4 is 33.2 Å². The van der Waals surface area contributed by atoms with Crippen LogP contribution in [-0.2, 0) is 6.54 Å². The fourth-order valence-electron chi connectivity index (χ4n) is 3.12. The van der Waals surface area contributed by atoms with Gasteiger partial charge in [-0.2, -0.15) is 5.26 Å². The number of aromatic nitrogens is 2. The molecule has 0 fully saturated rings. The molecular weight excluding hydrogens is 318 g/mol. The number of nitriles is 1. The van der Waals surface area contributed by atoms with E-state index in [1.807, 2.05) is 26.0 Å². The maximum atomic E-state index is 12.8. The first-order chi connectivity index (χ1) is 11.6. The van der Waals surface area contributed by atoms with E-state index in [4.69, 9.17) is 10.2 Å². The quantitative estimate of drug-likeness (QED) is 0.679. The molecule has 1 aromatic carbocycles. The predicted octanol–water partition coefficient (Wildman–Crippen LogP) is 3.89. The molecule has 0 saturated carbocycles. The lowest BCUT2D eigenvalue weighted by Gasteiger charge is -2.03. The summed E-state index contributed by atoms with van der Waals surface area (Å²) in [5, 5.41) is 9.65. The summed E-state index contributed by atoms with van der Waals surface area (Å²) in [5.74, 6) is 0.776. The Balaban J connectivity index is 1.86. The van der Waals surface area contributed by atoms with Crippen molar-refractivity contribution in [3.05, 3.63) is 62.0 Å². The average Bonchev–Trinajstić information content (AvgIpc) is 3.11. The summed E-state index contributed by atoms with van der Waals surface area (Å²) in [6.07, 6.45) is 2.86. The largest absolute Gasteiger partial charge is 0.292 e. The monoisotopic (exact) mass is 333 g/mol. The van der Waals surface area contributed by atoms with Gasteiger partial charge < -0.3 is 0 Å². The normalized spacial score (nSPS) is 15.0. The van der Waals surface area contributed by atoms with Gasteiger partial charge in [0.25, 0.3) is 5.56 Å². The minimum absolute atomic E-state index is 0.0695. The van der Waals surface area contributed by atoms with E-state index in [1.165, 1.54) is 0 Å². The van der Waals surface area contributed by atoms with Crippen molar-refractivity contribution in [1.29, 1.82) is 5.26 Å². The van der Waals surface area contributed by atoms with E-state index in [9.17, 15) is 4.79 Å². The molecule has 3 heterocycles. The van der Waals surface area contributed by atoms with Gasteiger partial charge in [-0.25, -0.2) is 4.98 Å². The first-order valence-corrected chi connectivity index (χ1v) is 8.62. The lowest BCUT2D eigenvalue weighted by Crippen LogP contribution is -2.20. The number of hydrogen-bond donors (Lipinski definition) is 0. The molecule has 0 spiro atoms. The summed E-state index contributed by atoms with van der Waals surface area (Å²) >= 11 is 1.58. The van der Waals surface area contributed by atoms with E-state index >= 15 is 0 Å². The first-order valence-electron chi connectivity index (χ1n) is 7.80. The van der Waals surface area contributed by atoms with E-state index in [-0.39, 0.29) is 5.56 Å². The standard InChI is InChI=1S/C19H15N3OS/c1-11-12(2)24-18-16(11)19(23)22-8-7-15(17(22)21-18)9-13-3-5-14(10-20)6-4-13/h3-6,9H,7-8H2,1-2H3/b15-9+. The SMILES string of the molecule is Cc1sc2nc3n(c(=O)c2c1C)CC/C3=C\c1ccc(C#N)cc1. The Labute approximate surface area is 143 Å². The third kappa shape index (κ3) is 2.19. The number of rotatable bonds is 1. The summed E-state index contributed by atoms with van der Waals surface area (Å²) in [4.78, 5) is 19.5. The summed E-state index contributed by atoms with van der Waals surface area (Å²) < 4.78 is 1.79. The van der Waals surface area contributed by atoms with Crippen LogP contribution in [0.5, 0.6) is 0 Å². The van der Waals surface area contributed by atoms with Gasteiger partial charge in [-0.3, -0.25) is 9.36 Å². The lowest BCUT2D eigenvalue weighted by molar-refractivity contribution is 0.726. The Hall–Kier alpha value is -2.71. The number of allylic oxidation sites excluding steroid dienone is 1. The Kier molecular flexibility index (Phi) is 3.36. The summed E-state index contributed by atoms with van der Waals surface area (Å²) in [6.45, 7) is 4.70. The fourth-order valence-corrected chi connectivity index (χ4v) is 4.14. The molecule has 0 radical (unpaired) electrons. The topological polar surface area (TPSA) is 58.7 Å². The molecule has 2 aromatic heterocycles. The van der Waals surface area contributed by atoms with Gasteiger partial charge in [0.2, 0.25) is 0 Å². The molecular formula is C19H15N3OS. The van der Waals surface area contributed by atoms with Gasteiger partial charge in [-0.05, 0) is 55.2 Å². The van der Waals surface area contributed by atoms with Gasteiger partial charge in [-0.1, -0.05) is 12.1 Å². The van der Waals surface area contributed by atoms with Crippen molar-refractivity contribution in [2.75, 3.05) is 0 Å². The Bertz CT molecular complexity index is 1090. The number of aryl methyl sites for hydroxylation is 2. The van der Waals surface area contributed by atoms with Crippen LogP contribution in [0.1, 0.15) is 33.8 Å². The molecule has 0 amide bonds. The van der Waals surface area contributed by atoms with E-state index in [1.54, 1.807) is 28.0 Å². The molecule has 4 rings (SSSR count). The molecule has 0 unspecified atom stereocenters. The highest BCUT2D eigenvalue weighted by molar-refractivity contribution is 7.18. The molecule has 0 aliphatic carbocycles. The second kappa shape index (κ2) is 5.43. The summed E-state index contributed by atoms with van der Waals surface area (Å²) in [5.41, 5.74) is 3.85. The minimum atomic E-state index is 0.0695. The van der Waals surface area contributed by atoms with Crippen LogP contribution in [0.4, 0.5) is 0 Å². The third-order valence-electron chi connectivity index (χ3n) is 4.56. The molecule has 3 aromatic rings. The van der Waals surface area contributed by atoms with Crippen LogP contribution in [0.3, 0.4) is 0 Å². The molecule has 1 aliphatic heterocycles. The van der Waals surface area contributed by atoms with Crippen LogP contribution in [0.2, 0.25) is 0 Å². The number of hydrogen-bond acceptors (Lipinski definition) is 4. The van der Waals surface area contributed by atoms with Gasteiger partial charge in [-0.15, -0.1) is 11.3 Å². The smallest absolute Gasteiger partial charge is 0.262 e. The van der Waals surface area contributed by atoms with Crippen LogP contribution < -0.4 is 5.56 Å². The van der Waals surface area contributed by atoms with Crippen LogP contribution >= 0.6 is 11.3 Å². The summed E-state index contributed by atoms with van der Waals surface area (Å²) in [6, 6.07) is 9.57. The lowest BCUT2D eigenvalue weighted by atomic mass is 10.1. The average molecular weight is 333 g/mol. The molecule has 24 heavy (non-hydrogen) atoms. The van der Waals surface area contributed by atoms with E-state index in [2.05, 4.69) is 12.1 Å². The maximum Gasteiger partial charge on any atom is 0.262 e. The molecule has 0 bridgehead atoms. The predicted molar refractivity (Wildman–Crippen MR) is 97.0 cm³/mol. The zero-order chi connectivity index (χ0) is 16.8. The highest BCUT2D eigenvalue weighted by atomic mass is 32.1. The second-order valence-electron chi connectivity index (χ2n) is 6.01. The molecule has 1 aliphatic rings. The number of benzene rings is 1. The van der Waals surface area contributed by atoms with Crippen LogP contribution in [0.15, 0.2) is 29.1 Å². The number of nitrogens with zero attached hydrogens (tertiary/aromatic N) is 3. The van der Waals surface area contributed by atoms with Crippen molar-refractivity contribution in [3.63, 3.8) is 0 Å². The maximum absolute atomic E-state index is 12.8. The molecule has 4 nitrogen and oxygen atoms in total. The second-order valence-corrected chi connectivity index (χ2v) is 7.21. The molecule has 0 saturated heterocycles. The molecule has 0 atom stereocenters. The van der Waals surface area contributed by atoms with Gasteiger partial charge in [0.05, 0.1) is 17.0 Å². The van der Waals surface area contributed by atoms with Crippen molar-refractivity contribution in [1.82, 2.24) is 9.55 Å². The van der Waals surface area contributed by atoms with E-state index in [0.717, 1.165) is 44.0 Å². The minimum Gasteiger partial charge on any atom is -0.292 e. The highest BCUT2D eigenvalue weighted by Crippen LogP contribution is 2.31. The van der Waals surface area contributed by atoms with Crippen LogP contribution in [-0.4, -0.2) is 9.55 Å². The zero-order valence-corrected chi connectivity index (χ0v) is 14.3. The van der Waals surface area contributed by atoms with Crippen molar-refractivity contribution in [3.8, 4) is 6.07 Å². The summed E-state index contributed by atoms with van der Waals surface area (Å²) in [7, 11) is 0. The van der Waals surface area contributed by atoms with Gasteiger partial charge in [0.15, 0.2) is 0 Å². The Morgan fingerprint density at radius 3 is 2.75 bits per heavy atom. The van der Waals surface area contributed by atoms with Crippen LogP contribution in [0, 0.1) is 25.2 Å². The van der Waals surface area contributed by atoms with Gasteiger partial charge >= 0.3 is 0 Å². The van der Waals surface area contributed by atoms with Crippen molar-refractivity contribution in [2.24, 2.45) is 0 Å². The number of thiophene rings is 1. The van der Waals surface area contributed by atoms with Gasteiger partial charge in [0.1, 0.15) is 10.7 Å². The molecule has 5 heteroatoms. The molecule has 0 N–H and O–H groups in total. The third-order valence-corrected chi connectivity index (χ3v) is 5.66. The van der Waals surface area contributed by atoms with E-state index in [0.29, 0.717) is 12.1 Å². The fraction of sp³-hybridized carbons (Fsp3) is 0.211. The van der Waals surface area contributed by atoms with E-state index < -0.39 is 0 Å².